The van der Waals surface area contributed by atoms with Gasteiger partial charge < -0.3 is 10.4 Å². The number of nitrogens with one attached hydrogen (secondary N) is 1. The van der Waals surface area contributed by atoms with Crippen LogP contribution in [0.1, 0.15) is 19.4 Å². The van der Waals surface area contributed by atoms with Crippen LogP contribution in [0.15, 0.2) is 48.7 Å². The van der Waals surface area contributed by atoms with Crippen molar-refractivity contribution in [2.45, 2.75) is 20.4 Å². The molecule has 0 aliphatic heterocycles. The van der Waals surface area contributed by atoms with E-state index in [2.05, 4.69) is 69.8 Å². The molecule has 0 spiro atoms. The second-order valence-corrected chi connectivity index (χ2v) is 7.20. The van der Waals surface area contributed by atoms with Gasteiger partial charge in [-0.25, -0.2) is 0 Å². The van der Waals surface area contributed by atoms with Crippen LogP contribution < -0.4 is 5.32 Å². The molecule has 0 bridgehead atoms. The molecule has 0 saturated carbocycles. The van der Waals surface area contributed by atoms with E-state index >= 15 is 0 Å². The summed E-state index contributed by atoms with van der Waals surface area (Å²) in [5.74, 6) is 0.339. The van der Waals surface area contributed by atoms with Crippen LogP contribution in [-0.2, 0) is 6.54 Å². The fraction of sp³-hybridized carbons (Fsp3) is 0.250. The van der Waals surface area contributed by atoms with Crippen LogP contribution in [0.25, 0.3) is 10.9 Å². The Bertz CT molecular complexity index is 878. The third kappa shape index (κ3) is 4.22. The molecule has 2 N–H and O–H groups in total. The summed E-state index contributed by atoms with van der Waals surface area (Å²) in [5, 5.41) is 14.7. The van der Waals surface area contributed by atoms with Crippen LogP contribution in [-0.4, -0.2) is 28.1 Å². The van der Waals surface area contributed by atoms with E-state index in [1.807, 2.05) is 24.4 Å². The molecule has 0 radical (unpaired) electrons. The van der Waals surface area contributed by atoms with E-state index in [1.165, 1.54) is 3.57 Å². The minimum Gasteiger partial charge on any atom is -0.508 e. The van der Waals surface area contributed by atoms with Crippen molar-refractivity contribution < 1.29 is 5.11 Å². The van der Waals surface area contributed by atoms with Gasteiger partial charge in [0.15, 0.2) is 0 Å². The Morgan fingerprint density at radius 3 is 2.64 bits per heavy atom. The van der Waals surface area contributed by atoms with Crippen molar-refractivity contribution in [3.05, 3.63) is 57.8 Å². The quantitative estimate of drug-likeness (QED) is 0.406. The normalized spacial score (nSPS) is 11.2. The summed E-state index contributed by atoms with van der Waals surface area (Å²) in [7, 11) is 0. The van der Waals surface area contributed by atoms with Crippen LogP contribution >= 0.6 is 22.6 Å². The fourth-order valence-corrected chi connectivity index (χ4v) is 3.34. The van der Waals surface area contributed by atoms with Gasteiger partial charge in [-0.3, -0.25) is 9.88 Å². The first kappa shape index (κ1) is 17.9. The summed E-state index contributed by atoms with van der Waals surface area (Å²) in [5.41, 5.74) is 3.88. The number of aromatic nitrogens is 1. The number of pyridine rings is 1. The van der Waals surface area contributed by atoms with Gasteiger partial charge in [-0.15, -0.1) is 0 Å². The predicted octanol–water partition coefficient (Wildman–Crippen LogP) is 5.13. The molecule has 0 amide bonds. The molecular weight excluding hydrogens is 425 g/mol. The van der Waals surface area contributed by atoms with Crippen molar-refractivity contribution in [3.63, 3.8) is 0 Å². The van der Waals surface area contributed by atoms with Crippen molar-refractivity contribution in [3.8, 4) is 5.75 Å². The van der Waals surface area contributed by atoms with E-state index in [1.54, 1.807) is 6.07 Å². The van der Waals surface area contributed by atoms with Gasteiger partial charge in [-0.05, 0) is 78.1 Å². The molecule has 1 aromatic heterocycles. The van der Waals surface area contributed by atoms with E-state index in [9.17, 15) is 5.11 Å². The molecule has 2 aromatic carbocycles. The number of hydrogen-bond acceptors (Lipinski definition) is 4. The lowest BCUT2D eigenvalue weighted by Crippen LogP contribution is -2.22. The smallest absolute Gasteiger partial charge is 0.120 e. The molecule has 0 aliphatic rings. The highest BCUT2D eigenvalue weighted by atomic mass is 127. The summed E-state index contributed by atoms with van der Waals surface area (Å²) in [4.78, 5) is 6.73. The highest BCUT2D eigenvalue weighted by Crippen LogP contribution is 2.29. The molecule has 5 heteroatoms. The molecule has 0 saturated heterocycles. The van der Waals surface area contributed by atoms with Gasteiger partial charge in [0.1, 0.15) is 5.75 Å². The minimum atomic E-state index is 0.339. The second kappa shape index (κ2) is 8.01. The average Bonchev–Trinajstić information content (AvgIpc) is 2.62. The molecule has 130 valence electrons. The van der Waals surface area contributed by atoms with Gasteiger partial charge >= 0.3 is 0 Å². The van der Waals surface area contributed by atoms with Gasteiger partial charge in [-0.2, -0.15) is 0 Å². The average molecular weight is 447 g/mol. The largest absolute Gasteiger partial charge is 0.508 e. The second-order valence-electron chi connectivity index (χ2n) is 5.95. The van der Waals surface area contributed by atoms with Crippen LogP contribution in [0.2, 0.25) is 0 Å². The number of rotatable bonds is 6. The number of nitrogens with zero attached hydrogens (tertiary/aromatic N) is 2. The molecule has 3 rings (SSSR count). The Balaban J connectivity index is 1.91. The van der Waals surface area contributed by atoms with Crippen molar-refractivity contribution in [1.29, 1.82) is 0 Å². The topological polar surface area (TPSA) is 48.4 Å². The number of phenolic OH excluding ortho intramolecular Hbond substituents is 1. The number of halogens is 1. The Morgan fingerprint density at radius 2 is 1.88 bits per heavy atom. The standard InChI is InChI=1S/C20H22IN3O/c1-3-24(4-2)13-14-11-16(6-8-20(14)25)23-18-9-10-22-19-12-15(21)5-7-17(18)19/h5-12,25H,3-4,13H2,1-2H3,(H,22,23). The third-order valence-corrected chi connectivity index (χ3v) is 5.02. The highest BCUT2D eigenvalue weighted by Gasteiger charge is 2.09. The predicted molar refractivity (Wildman–Crippen MR) is 112 cm³/mol. The number of fused-ring (bicyclic) bond motifs is 1. The molecule has 0 aliphatic carbocycles. The molecule has 0 unspecified atom stereocenters. The Hall–Kier alpha value is -1.86. The summed E-state index contributed by atoms with van der Waals surface area (Å²) in [6, 6.07) is 13.9. The van der Waals surface area contributed by atoms with Crippen LogP contribution in [0, 0.1) is 3.57 Å². The lowest BCUT2D eigenvalue weighted by Gasteiger charge is -2.19. The van der Waals surface area contributed by atoms with E-state index in [0.29, 0.717) is 5.75 Å². The monoisotopic (exact) mass is 447 g/mol. The van der Waals surface area contributed by atoms with Gasteiger partial charge in [0, 0.05) is 38.6 Å². The molecule has 3 aromatic rings. The number of phenols is 1. The summed E-state index contributed by atoms with van der Waals surface area (Å²) < 4.78 is 1.17. The molecule has 0 fully saturated rings. The Kier molecular flexibility index (Phi) is 5.75. The maximum atomic E-state index is 10.2. The number of aromatic hydroxyl groups is 1. The number of anilines is 2. The van der Waals surface area contributed by atoms with E-state index in [-0.39, 0.29) is 0 Å². The lowest BCUT2D eigenvalue weighted by atomic mass is 10.1. The minimum absolute atomic E-state index is 0.339. The zero-order chi connectivity index (χ0) is 17.8. The lowest BCUT2D eigenvalue weighted by molar-refractivity contribution is 0.291. The number of benzene rings is 2. The summed E-state index contributed by atoms with van der Waals surface area (Å²) in [6.07, 6.45) is 1.82. The van der Waals surface area contributed by atoms with Gasteiger partial charge in [0.25, 0.3) is 0 Å². The number of hydrogen-bond donors (Lipinski definition) is 2. The van der Waals surface area contributed by atoms with Gasteiger partial charge in [0.2, 0.25) is 0 Å². The summed E-state index contributed by atoms with van der Waals surface area (Å²) in [6.45, 7) is 6.92. The van der Waals surface area contributed by atoms with Crippen molar-refractivity contribution in [2.24, 2.45) is 0 Å². The van der Waals surface area contributed by atoms with Crippen LogP contribution in [0.3, 0.4) is 0 Å². The van der Waals surface area contributed by atoms with E-state index in [0.717, 1.165) is 47.5 Å². The molecular formula is C20H22IN3O. The SMILES string of the molecule is CCN(CC)Cc1cc(Nc2ccnc3cc(I)ccc23)ccc1O. The van der Waals surface area contributed by atoms with Gasteiger partial charge in [0.05, 0.1) is 5.52 Å². The highest BCUT2D eigenvalue weighted by molar-refractivity contribution is 14.1. The van der Waals surface area contributed by atoms with Crippen molar-refractivity contribution in [2.75, 3.05) is 18.4 Å². The summed E-state index contributed by atoms with van der Waals surface area (Å²) >= 11 is 2.30. The van der Waals surface area contributed by atoms with Crippen molar-refractivity contribution >= 4 is 44.9 Å². The zero-order valence-electron chi connectivity index (χ0n) is 14.5. The van der Waals surface area contributed by atoms with E-state index < -0.39 is 0 Å². The molecule has 0 atom stereocenters. The fourth-order valence-electron chi connectivity index (χ4n) is 2.86. The van der Waals surface area contributed by atoms with E-state index in [4.69, 9.17) is 0 Å². The van der Waals surface area contributed by atoms with Crippen molar-refractivity contribution in [1.82, 2.24) is 9.88 Å². The third-order valence-electron chi connectivity index (χ3n) is 4.35. The van der Waals surface area contributed by atoms with Crippen LogP contribution in [0.5, 0.6) is 5.75 Å². The first-order valence-electron chi connectivity index (χ1n) is 8.46. The molecule has 25 heavy (non-hydrogen) atoms. The molecule has 4 nitrogen and oxygen atoms in total. The zero-order valence-corrected chi connectivity index (χ0v) is 16.6. The first-order chi connectivity index (χ1) is 12.1. The Morgan fingerprint density at radius 1 is 1.08 bits per heavy atom. The maximum absolute atomic E-state index is 10.2. The molecule has 1 heterocycles. The first-order valence-corrected chi connectivity index (χ1v) is 9.54. The Labute approximate surface area is 162 Å². The van der Waals surface area contributed by atoms with Crippen LogP contribution in [0.4, 0.5) is 11.4 Å². The maximum Gasteiger partial charge on any atom is 0.120 e. The van der Waals surface area contributed by atoms with Gasteiger partial charge in [-0.1, -0.05) is 13.8 Å².